The minimum absolute atomic E-state index is 0.0369. The fourth-order valence-corrected chi connectivity index (χ4v) is 2.86. The molecule has 1 aromatic heterocycles. The van der Waals surface area contributed by atoms with Crippen molar-refractivity contribution in [3.8, 4) is 0 Å². The number of hydrogen-bond acceptors (Lipinski definition) is 2. The van der Waals surface area contributed by atoms with Gasteiger partial charge in [0.1, 0.15) is 5.82 Å². The van der Waals surface area contributed by atoms with E-state index in [0.29, 0.717) is 17.1 Å². The molecule has 1 atom stereocenters. The van der Waals surface area contributed by atoms with E-state index < -0.39 is 5.82 Å². The summed E-state index contributed by atoms with van der Waals surface area (Å²) in [5.74, 6) is -0.460. The number of aryl methyl sites for hydroxylation is 2. The van der Waals surface area contributed by atoms with Gasteiger partial charge in [0.25, 0.3) is 0 Å². The van der Waals surface area contributed by atoms with Gasteiger partial charge in [-0.05, 0) is 38.5 Å². The Hall–Kier alpha value is -1.10. The van der Waals surface area contributed by atoms with E-state index in [1.807, 2.05) is 32.5 Å². The van der Waals surface area contributed by atoms with Gasteiger partial charge in [-0.1, -0.05) is 23.2 Å². The Kier molecular flexibility index (Phi) is 4.91. The van der Waals surface area contributed by atoms with Crippen LogP contribution in [0, 0.1) is 19.7 Å². The molecule has 1 heterocycles. The van der Waals surface area contributed by atoms with Crippen molar-refractivity contribution in [3.63, 3.8) is 0 Å². The molecular weight excluding hydrogens is 312 g/mol. The number of benzene rings is 1. The first kappa shape index (κ1) is 16.3. The molecule has 0 fully saturated rings. The van der Waals surface area contributed by atoms with Gasteiger partial charge in [-0.2, -0.15) is 5.10 Å². The summed E-state index contributed by atoms with van der Waals surface area (Å²) < 4.78 is 15.4. The lowest BCUT2D eigenvalue weighted by Gasteiger charge is -2.16. The zero-order chi connectivity index (χ0) is 15.7. The number of rotatable bonds is 4. The predicted molar refractivity (Wildman–Crippen MR) is 84.4 cm³/mol. The van der Waals surface area contributed by atoms with E-state index in [-0.39, 0.29) is 11.1 Å². The molecule has 114 valence electrons. The molecule has 1 unspecified atom stereocenters. The molecular formula is C15H18Cl2FN3. The van der Waals surface area contributed by atoms with Crippen LogP contribution < -0.4 is 5.32 Å². The van der Waals surface area contributed by atoms with Crippen LogP contribution in [0.15, 0.2) is 12.1 Å². The van der Waals surface area contributed by atoms with Crippen LogP contribution in [-0.2, 0) is 13.6 Å². The fraction of sp³-hybridized carbons (Fsp3) is 0.400. The van der Waals surface area contributed by atoms with Gasteiger partial charge in [-0.3, -0.25) is 4.68 Å². The maximum absolute atomic E-state index is 13.6. The molecule has 0 bridgehead atoms. The van der Waals surface area contributed by atoms with Crippen molar-refractivity contribution in [2.24, 2.45) is 7.05 Å². The van der Waals surface area contributed by atoms with Gasteiger partial charge < -0.3 is 5.32 Å². The van der Waals surface area contributed by atoms with E-state index in [2.05, 4.69) is 10.4 Å². The molecule has 2 aromatic rings. The van der Waals surface area contributed by atoms with Gasteiger partial charge in [0, 0.05) is 35.9 Å². The first-order chi connectivity index (χ1) is 9.81. The quantitative estimate of drug-likeness (QED) is 0.846. The van der Waals surface area contributed by atoms with Crippen molar-refractivity contribution in [1.82, 2.24) is 15.1 Å². The summed E-state index contributed by atoms with van der Waals surface area (Å²) >= 11 is 11.9. The second kappa shape index (κ2) is 6.34. The number of nitrogens with zero attached hydrogens (tertiary/aromatic N) is 2. The topological polar surface area (TPSA) is 29.9 Å². The van der Waals surface area contributed by atoms with Crippen molar-refractivity contribution in [3.05, 3.63) is 50.5 Å². The summed E-state index contributed by atoms with van der Waals surface area (Å²) in [7, 11) is 1.92. The van der Waals surface area contributed by atoms with E-state index in [0.717, 1.165) is 17.0 Å². The van der Waals surface area contributed by atoms with E-state index in [1.165, 1.54) is 12.1 Å². The molecule has 0 saturated heterocycles. The summed E-state index contributed by atoms with van der Waals surface area (Å²) in [6.45, 7) is 6.59. The predicted octanol–water partition coefficient (Wildman–Crippen LogP) is 4.33. The van der Waals surface area contributed by atoms with Crippen LogP contribution in [0.1, 0.15) is 35.5 Å². The molecule has 0 aliphatic rings. The van der Waals surface area contributed by atoms with Gasteiger partial charge in [0.15, 0.2) is 0 Å². The largest absolute Gasteiger partial charge is 0.306 e. The first-order valence-electron chi connectivity index (χ1n) is 6.68. The summed E-state index contributed by atoms with van der Waals surface area (Å²) in [4.78, 5) is 0. The molecule has 21 heavy (non-hydrogen) atoms. The Bertz CT molecular complexity index is 667. The number of halogens is 3. The minimum Gasteiger partial charge on any atom is -0.306 e. The molecule has 0 saturated carbocycles. The summed E-state index contributed by atoms with van der Waals surface area (Å²) in [5, 5.41) is 8.22. The van der Waals surface area contributed by atoms with Gasteiger partial charge in [0.05, 0.1) is 10.7 Å². The zero-order valence-corrected chi connectivity index (χ0v) is 14.0. The lowest BCUT2D eigenvalue weighted by molar-refractivity contribution is 0.563. The summed E-state index contributed by atoms with van der Waals surface area (Å²) in [6, 6.07) is 2.72. The fourth-order valence-electron chi connectivity index (χ4n) is 2.31. The molecule has 0 spiro atoms. The third-order valence-corrected chi connectivity index (χ3v) is 4.37. The maximum Gasteiger partial charge on any atom is 0.142 e. The molecule has 1 N–H and O–H groups in total. The van der Waals surface area contributed by atoms with Crippen LogP contribution >= 0.6 is 23.2 Å². The van der Waals surface area contributed by atoms with Crippen LogP contribution in [-0.4, -0.2) is 9.78 Å². The Morgan fingerprint density at radius 3 is 2.52 bits per heavy atom. The lowest BCUT2D eigenvalue weighted by Crippen LogP contribution is -2.19. The van der Waals surface area contributed by atoms with Crippen LogP contribution in [0.5, 0.6) is 0 Å². The average Bonchev–Trinajstić information content (AvgIpc) is 2.65. The average molecular weight is 330 g/mol. The Morgan fingerprint density at radius 1 is 1.29 bits per heavy atom. The molecule has 3 nitrogen and oxygen atoms in total. The van der Waals surface area contributed by atoms with Crippen molar-refractivity contribution in [2.45, 2.75) is 33.4 Å². The Labute approximate surface area is 134 Å². The molecule has 0 amide bonds. The second-order valence-corrected chi connectivity index (χ2v) is 5.98. The van der Waals surface area contributed by atoms with E-state index in [4.69, 9.17) is 23.2 Å². The van der Waals surface area contributed by atoms with Crippen molar-refractivity contribution in [2.75, 3.05) is 0 Å². The third-order valence-electron chi connectivity index (χ3n) is 3.75. The van der Waals surface area contributed by atoms with Gasteiger partial charge in [-0.15, -0.1) is 0 Å². The highest BCUT2D eigenvalue weighted by Crippen LogP contribution is 2.29. The number of hydrogen-bond donors (Lipinski definition) is 1. The molecule has 6 heteroatoms. The Morgan fingerprint density at radius 2 is 1.95 bits per heavy atom. The van der Waals surface area contributed by atoms with E-state index in [9.17, 15) is 4.39 Å². The van der Waals surface area contributed by atoms with Crippen molar-refractivity contribution < 1.29 is 4.39 Å². The smallest absolute Gasteiger partial charge is 0.142 e. The van der Waals surface area contributed by atoms with Gasteiger partial charge in [0.2, 0.25) is 0 Å². The monoisotopic (exact) mass is 329 g/mol. The number of aromatic nitrogens is 2. The standard InChI is InChI=1S/C15H18Cl2FN3/c1-8(11-5-15(18)14(17)6-13(11)16)19-7-12-9(2)20-21(4)10(12)3/h5-6,8,19H,7H2,1-4H3. The summed E-state index contributed by atoms with van der Waals surface area (Å²) in [6.07, 6.45) is 0. The van der Waals surface area contributed by atoms with E-state index in [1.54, 1.807) is 0 Å². The van der Waals surface area contributed by atoms with Crippen LogP contribution in [0.4, 0.5) is 4.39 Å². The van der Waals surface area contributed by atoms with Gasteiger partial charge >= 0.3 is 0 Å². The highest BCUT2D eigenvalue weighted by Gasteiger charge is 2.15. The highest BCUT2D eigenvalue weighted by molar-refractivity contribution is 6.35. The van der Waals surface area contributed by atoms with Crippen LogP contribution in [0.25, 0.3) is 0 Å². The molecule has 1 aromatic carbocycles. The van der Waals surface area contributed by atoms with Crippen molar-refractivity contribution >= 4 is 23.2 Å². The first-order valence-corrected chi connectivity index (χ1v) is 7.43. The van der Waals surface area contributed by atoms with Crippen molar-refractivity contribution in [1.29, 1.82) is 0 Å². The number of nitrogens with one attached hydrogen (secondary N) is 1. The third kappa shape index (κ3) is 3.39. The van der Waals surface area contributed by atoms with Crippen LogP contribution in [0.2, 0.25) is 10.0 Å². The lowest BCUT2D eigenvalue weighted by atomic mass is 10.1. The molecule has 0 aliphatic carbocycles. The summed E-state index contributed by atoms with van der Waals surface area (Å²) in [5.41, 5.74) is 3.94. The molecule has 0 radical (unpaired) electrons. The second-order valence-electron chi connectivity index (χ2n) is 5.16. The Balaban J connectivity index is 2.15. The van der Waals surface area contributed by atoms with Crippen LogP contribution in [0.3, 0.4) is 0 Å². The maximum atomic E-state index is 13.6. The van der Waals surface area contributed by atoms with Gasteiger partial charge in [-0.25, -0.2) is 4.39 Å². The van der Waals surface area contributed by atoms with E-state index >= 15 is 0 Å². The normalized spacial score (nSPS) is 12.7. The minimum atomic E-state index is -0.460. The SMILES string of the molecule is Cc1nn(C)c(C)c1CNC(C)c1cc(F)c(Cl)cc1Cl. The highest BCUT2D eigenvalue weighted by atomic mass is 35.5. The zero-order valence-electron chi connectivity index (χ0n) is 12.5. The molecule has 0 aliphatic heterocycles. The molecule has 2 rings (SSSR count).